The van der Waals surface area contributed by atoms with Gasteiger partial charge in [0.2, 0.25) is 0 Å². The van der Waals surface area contributed by atoms with Gasteiger partial charge >= 0.3 is 0 Å². The Morgan fingerprint density at radius 2 is 2.12 bits per heavy atom. The molecular weight excluding hydrogens is 215 g/mol. The van der Waals surface area contributed by atoms with E-state index >= 15 is 0 Å². The summed E-state index contributed by atoms with van der Waals surface area (Å²) >= 11 is 0. The highest BCUT2D eigenvalue weighted by atomic mass is 19.1. The lowest BCUT2D eigenvalue weighted by Crippen LogP contribution is -2.15. The van der Waals surface area contributed by atoms with E-state index < -0.39 is 0 Å². The number of nitrogens with one attached hydrogen (secondary N) is 1. The lowest BCUT2D eigenvalue weighted by molar-refractivity contribution is 0.567. The summed E-state index contributed by atoms with van der Waals surface area (Å²) in [5.41, 5.74) is 0.994. The number of benzene rings is 1. The SMILES string of the molecule is CCCCCCNCc1ccc(C#N)cc1F. The van der Waals surface area contributed by atoms with Crippen LogP contribution < -0.4 is 5.32 Å². The first-order chi connectivity index (χ1) is 8.27. The molecule has 2 nitrogen and oxygen atoms in total. The Labute approximate surface area is 102 Å². The van der Waals surface area contributed by atoms with Gasteiger partial charge in [-0.3, -0.25) is 0 Å². The largest absolute Gasteiger partial charge is 0.313 e. The molecule has 1 rings (SSSR count). The zero-order chi connectivity index (χ0) is 12.5. The van der Waals surface area contributed by atoms with Crippen molar-refractivity contribution in [2.24, 2.45) is 0 Å². The van der Waals surface area contributed by atoms with E-state index in [2.05, 4.69) is 12.2 Å². The zero-order valence-electron chi connectivity index (χ0n) is 10.3. The van der Waals surface area contributed by atoms with E-state index in [0.717, 1.165) is 13.0 Å². The van der Waals surface area contributed by atoms with Crippen molar-refractivity contribution < 1.29 is 4.39 Å². The van der Waals surface area contributed by atoms with Crippen LogP contribution in [0.5, 0.6) is 0 Å². The summed E-state index contributed by atoms with van der Waals surface area (Å²) in [7, 11) is 0. The van der Waals surface area contributed by atoms with E-state index in [1.165, 1.54) is 25.3 Å². The molecule has 0 aliphatic carbocycles. The molecule has 0 unspecified atom stereocenters. The molecule has 0 aliphatic rings. The molecule has 0 fully saturated rings. The molecule has 0 amide bonds. The van der Waals surface area contributed by atoms with E-state index in [1.807, 2.05) is 6.07 Å². The van der Waals surface area contributed by atoms with E-state index in [1.54, 1.807) is 12.1 Å². The maximum atomic E-state index is 13.5. The molecule has 3 heteroatoms. The van der Waals surface area contributed by atoms with Gasteiger partial charge in [0.15, 0.2) is 0 Å². The second kappa shape index (κ2) is 7.81. The minimum Gasteiger partial charge on any atom is -0.313 e. The molecule has 0 spiro atoms. The van der Waals surface area contributed by atoms with Gasteiger partial charge in [0, 0.05) is 12.1 Å². The van der Waals surface area contributed by atoms with E-state index in [9.17, 15) is 4.39 Å². The highest BCUT2D eigenvalue weighted by Gasteiger charge is 2.02. The maximum Gasteiger partial charge on any atom is 0.129 e. The number of nitriles is 1. The number of nitrogens with zero attached hydrogens (tertiary/aromatic N) is 1. The monoisotopic (exact) mass is 234 g/mol. The molecule has 1 aromatic rings. The Bertz CT molecular complexity index is 382. The standard InChI is InChI=1S/C14H19FN2/c1-2-3-4-5-8-17-11-13-7-6-12(10-16)9-14(13)15/h6-7,9,17H,2-5,8,11H2,1H3. The first-order valence-corrected chi connectivity index (χ1v) is 6.17. The minimum atomic E-state index is -0.301. The van der Waals surface area contributed by atoms with Crippen LogP contribution >= 0.6 is 0 Å². The van der Waals surface area contributed by atoms with Crippen molar-refractivity contribution in [1.82, 2.24) is 5.32 Å². The first kappa shape index (κ1) is 13.7. The second-order valence-electron chi connectivity index (χ2n) is 4.16. The highest BCUT2D eigenvalue weighted by Crippen LogP contribution is 2.09. The van der Waals surface area contributed by atoms with Crippen molar-refractivity contribution in [2.45, 2.75) is 39.2 Å². The lowest BCUT2D eigenvalue weighted by Gasteiger charge is -2.06. The third-order valence-electron chi connectivity index (χ3n) is 2.70. The van der Waals surface area contributed by atoms with Gasteiger partial charge in [-0.2, -0.15) is 5.26 Å². The number of hydrogen-bond donors (Lipinski definition) is 1. The molecule has 0 heterocycles. The summed E-state index contributed by atoms with van der Waals surface area (Å²) in [5, 5.41) is 11.8. The summed E-state index contributed by atoms with van der Waals surface area (Å²) in [6.45, 7) is 3.63. The molecule has 0 saturated carbocycles. The molecule has 1 N–H and O–H groups in total. The third-order valence-corrected chi connectivity index (χ3v) is 2.70. The molecule has 0 atom stereocenters. The predicted molar refractivity (Wildman–Crippen MR) is 67.0 cm³/mol. The molecule has 1 aromatic carbocycles. The number of hydrogen-bond acceptors (Lipinski definition) is 2. The summed E-state index contributed by atoms with van der Waals surface area (Å²) in [6.07, 6.45) is 4.84. The Hall–Kier alpha value is -1.40. The Kier molecular flexibility index (Phi) is 6.27. The van der Waals surface area contributed by atoms with Crippen LogP contribution in [0.25, 0.3) is 0 Å². The van der Waals surface area contributed by atoms with Gasteiger partial charge < -0.3 is 5.32 Å². The minimum absolute atomic E-state index is 0.301. The topological polar surface area (TPSA) is 35.8 Å². The van der Waals surface area contributed by atoms with Crippen LogP contribution in [0.15, 0.2) is 18.2 Å². The Morgan fingerprint density at radius 1 is 1.29 bits per heavy atom. The van der Waals surface area contributed by atoms with Gasteiger partial charge in [0.1, 0.15) is 5.82 Å². The van der Waals surface area contributed by atoms with Gasteiger partial charge in [-0.15, -0.1) is 0 Å². The smallest absolute Gasteiger partial charge is 0.129 e. The molecule has 92 valence electrons. The summed E-state index contributed by atoms with van der Waals surface area (Å²) in [4.78, 5) is 0. The van der Waals surface area contributed by atoms with Crippen LogP contribution in [-0.2, 0) is 6.54 Å². The highest BCUT2D eigenvalue weighted by molar-refractivity contribution is 5.32. The van der Waals surface area contributed by atoms with Gasteiger partial charge in [-0.25, -0.2) is 4.39 Å². The van der Waals surface area contributed by atoms with Crippen LogP contribution in [0, 0.1) is 17.1 Å². The van der Waals surface area contributed by atoms with E-state index in [4.69, 9.17) is 5.26 Å². The fourth-order valence-electron chi connectivity index (χ4n) is 1.66. The molecule has 0 bridgehead atoms. The number of unbranched alkanes of at least 4 members (excludes halogenated alkanes) is 3. The van der Waals surface area contributed by atoms with Gasteiger partial charge in [-0.1, -0.05) is 32.3 Å². The van der Waals surface area contributed by atoms with Crippen molar-refractivity contribution in [3.63, 3.8) is 0 Å². The van der Waals surface area contributed by atoms with Crippen LogP contribution in [0.4, 0.5) is 4.39 Å². The molecule has 0 aliphatic heterocycles. The fraction of sp³-hybridized carbons (Fsp3) is 0.500. The molecule has 0 radical (unpaired) electrons. The average molecular weight is 234 g/mol. The van der Waals surface area contributed by atoms with Crippen LogP contribution in [-0.4, -0.2) is 6.54 Å². The quantitative estimate of drug-likeness (QED) is 0.734. The number of halogens is 1. The summed E-state index contributed by atoms with van der Waals surface area (Å²) in [6, 6.07) is 6.53. The second-order valence-corrected chi connectivity index (χ2v) is 4.16. The lowest BCUT2D eigenvalue weighted by atomic mass is 10.1. The average Bonchev–Trinajstić information content (AvgIpc) is 2.35. The first-order valence-electron chi connectivity index (χ1n) is 6.17. The van der Waals surface area contributed by atoms with Crippen LogP contribution in [0.1, 0.15) is 43.7 Å². The van der Waals surface area contributed by atoms with Crippen molar-refractivity contribution in [2.75, 3.05) is 6.54 Å². The molecular formula is C14H19FN2. The van der Waals surface area contributed by atoms with Crippen LogP contribution in [0.3, 0.4) is 0 Å². The van der Waals surface area contributed by atoms with Crippen molar-refractivity contribution in [3.05, 3.63) is 35.1 Å². The number of rotatable bonds is 7. The third kappa shape index (κ3) is 4.97. The van der Waals surface area contributed by atoms with Crippen molar-refractivity contribution >= 4 is 0 Å². The van der Waals surface area contributed by atoms with Crippen molar-refractivity contribution in [1.29, 1.82) is 5.26 Å². The predicted octanol–water partition coefficient (Wildman–Crippen LogP) is 3.37. The molecule has 0 aromatic heterocycles. The van der Waals surface area contributed by atoms with Gasteiger partial charge in [0.05, 0.1) is 11.6 Å². The normalized spacial score (nSPS) is 10.2. The maximum absolute atomic E-state index is 13.5. The van der Waals surface area contributed by atoms with Gasteiger partial charge in [-0.05, 0) is 25.1 Å². The van der Waals surface area contributed by atoms with E-state index in [-0.39, 0.29) is 5.82 Å². The Balaban J connectivity index is 2.30. The summed E-state index contributed by atoms with van der Waals surface area (Å²) < 4.78 is 13.5. The van der Waals surface area contributed by atoms with E-state index in [0.29, 0.717) is 17.7 Å². The van der Waals surface area contributed by atoms with Gasteiger partial charge in [0.25, 0.3) is 0 Å². The zero-order valence-corrected chi connectivity index (χ0v) is 10.3. The summed E-state index contributed by atoms with van der Waals surface area (Å²) in [5.74, 6) is -0.301. The molecule has 17 heavy (non-hydrogen) atoms. The van der Waals surface area contributed by atoms with Crippen LogP contribution in [0.2, 0.25) is 0 Å². The van der Waals surface area contributed by atoms with Crippen molar-refractivity contribution in [3.8, 4) is 6.07 Å². The fourth-order valence-corrected chi connectivity index (χ4v) is 1.66. The Morgan fingerprint density at radius 3 is 2.76 bits per heavy atom. The molecule has 0 saturated heterocycles.